The fraction of sp³-hybridized carbons (Fsp3) is 0.552. The van der Waals surface area contributed by atoms with Crippen molar-refractivity contribution in [2.24, 2.45) is 5.73 Å². The zero-order valence-corrected chi connectivity index (χ0v) is 22.3. The number of para-hydroxylation sites is 1. The smallest absolute Gasteiger partial charge is 0.312 e. The van der Waals surface area contributed by atoms with Gasteiger partial charge in [0.1, 0.15) is 18.1 Å². The van der Waals surface area contributed by atoms with E-state index in [-0.39, 0.29) is 18.2 Å². The summed E-state index contributed by atoms with van der Waals surface area (Å²) in [6, 6.07) is 15.5. The van der Waals surface area contributed by atoms with Crippen molar-refractivity contribution in [2.75, 3.05) is 26.4 Å². The standard InChI is InChI=1S/C29H44N2O5/c1-5-9-12-23(26-13-10-11-14-27(26)33-6-2)20-24(31-29(30)32)19-22-15-17-25(18-16-22)36-21-28(34-7-3)35-8-4/h10-11,13-18,23-24,28H,5-9,12,19-21H2,1-4H3,(H3,30,31,32). The second kappa shape index (κ2) is 16.8. The third-order valence-electron chi connectivity index (χ3n) is 5.98. The Morgan fingerprint density at radius 2 is 1.61 bits per heavy atom. The number of ether oxygens (including phenoxy) is 4. The molecule has 2 unspecified atom stereocenters. The van der Waals surface area contributed by atoms with E-state index in [2.05, 4.69) is 18.3 Å². The lowest BCUT2D eigenvalue weighted by atomic mass is 9.85. The Labute approximate surface area is 216 Å². The first-order chi connectivity index (χ1) is 17.5. The molecule has 0 saturated heterocycles. The fourth-order valence-corrected chi connectivity index (χ4v) is 4.38. The highest BCUT2D eigenvalue weighted by Gasteiger charge is 2.22. The van der Waals surface area contributed by atoms with Gasteiger partial charge in [-0.05, 0) is 75.3 Å². The van der Waals surface area contributed by atoms with E-state index in [1.54, 1.807) is 0 Å². The topological polar surface area (TPSA) is 92.0 Å². The van der Waals surface area contributed by atoms with Gasteiger partial charge in [-0.3, -0.25) is 0 Å². The van der Waals surface area contributed by atoms with E-state index >= 15 is 0 Å². The molecule has 2 aromatic carbocycles. The average molecular weight is 501 g/mol. The summed E-state index contributed by atoms with van der Waals surface area (Å²) in [4.78, 5) is 11.9. The van der Waals surface area contributed by atoms with Crippen molar-refractivity contribution in [1.29, 1.82) is 0 Å². The lowest BCUT2D eigenvalue weighted by molar-refractivity contribution is -0.152. The fourth-order valence-electron chi connectivity index (χ4n) is 4.38. The van der Waals surface area contributed by atoms with E-state index in [4.69, 9.17) is 24.7 Å². The van der Waals surface area contributed by atoms with Gasteiger partial charge in [-0.2, -0.15) is 0 Å². The molecule has 3 N–H and O–H groups in total. The summed E-state index contributed by atoms with van der Waals surface area (Å²) in [6.45, 7) is 10.1. The lowest BCUT2D eigenvalue weighted by Crippen LogP contribution is -2.40. The molecule has 0 spiro atoms. The number of primary amides is 1. The van der Waals surface area contributed by atoms with Crippen molar-refractivity contribution >= 4 is 6.03 Å². The van der Waals surface area contributed by atoms with Crippen molar-refractivity contribution in [1.82, 2.24) is 5.32 Å². The van der Waals surface area contributed by atoms with Crippen LogP contribution < -0.4 is 20.5 Å². The molecule has 200 valence electrons. The number of rotatable bonds is 18. The number of benzene rings is 2. The Balaban J connectivity index is 2.11. The molecule has 2 aromatic rings. The highest BCUT2D eigenvalue weighted by Crippen LogP contribution is 2.34. The van der Waals surface area contributed by atoms with E-state index in [1.165, 1.54) is 5.56 Å². The van der Waals surface area contributed by atoms with Crippen LogP contribution in [0.3, 0.4) is 0 Å². The van der Waals surface area contributed by atoms with Crippen LogP contribution in [0.25, 0.3) is 0 Å². The van der Waals surface area contributed by atoms with Crippen LogP contribution in [0, 0.1) is 0 Å². The molecule has 0 radical (unpaired) electrons. The maximum Gasteiger partial charge on any atom is 0.312 e. The van der Waals surface area contributed by atoms with Gasteiger partial charge in [0.25, 0.3) is 0 Å². The van der Waals surface area contributed by atoms with Gasteiger partial charge in [0.05, 0.1) is 6.61 Å². The van der Waals surface area contributed by atoms with Gasteiger partial charge < -0.3 is 30.0 Å². The molecule has 0 saturated carbocycles. The Hall–Kier alpha value is -2.77. The van der Waals surface area contributed by atoms with Crippen molar-refractivity contribution in [3.63, 3.8) is 0 Å². The second-order valence-corrected chi connectivity index (χ2v) is 8.75. The average Bonchev–Trinajstić information content (AvgIpc) is 2.86. The summed E-state index contributed by atoms with van der Waals surface area (Å²) < 4.78 is 22.8. The second-order valence-electron chi connectivity index (χ2n) is 8.75. The van der Waals surface area contributed by atoms with Crippen LogP contribution in [0.2, 0.25) is 0 Å². The van der Waals surface area contributed by atoms with Crippen molar-refractivity contribution < 1.29 is 23.7 Å². The minimum Gasteiger partial charge on any atom is -0.494 e. The predicted octanol–water partition coefficient (Wildman–Crippen LogP) is 5.81. The van der Waals surface area contributed by atoms with Crippen LogP contribution in [-0.2, 0) is 15.9 Å². The Kier molecular flexibility index (Phi) is 13.8. The van der Waals surface area contributed by atoms with E-state index in [0.29, 0.717) is 32.8 Å². The minimum absolute atomic E-state index is 0.105. The number of hydrogen-bond donors (Lipinski definition) is 2. The highest BCUT2D eigenvalue weighted by atomic mass is 16.7. The number of nitrogens with two attached hydrogens (primary N) is 1. The van der Waals surface area contributed by atoms with Gasteiger partial charge in [0, 0.05) is 19.3 Å². The number of carbonyl (C=O) groups excluding carboxylic acids is 1. The molecule has 0 fully saturated rings. The first-order valence-electron chi connectivity index (χ1n) is 13.2. The van der Waals surface area contributed by atoms with Gasteiger partial charge in [0.2, 0.25) is 0 Å². The number of carbonyl (C=O) groups is 1. The number of amides is 2. The number of nitrogens with one attached hydrogen (secondary N) is 1. The molecule has 2 rings (SSSR count). The van der Waals surface area contributed by atoms with Crippen LogP contribution in [0.4, 0.5) is 4.79 Å². The van der Waals surface area contributed by atoms with Gasteiger partial charge in [-0.15, -0.1) is 0 Å². The molecule has 2 atom stereocenters. The SMILES string of the molecule is CCCCC(CC(Cc1ccc(OCC(OCC)OCC)cc1)NC(N)=O)c1ccccc1OCC. The monoisotopic (exact) mass is 500 g/mol. The molecule has 0 aliphatic heterocycles. The van der Waals surface area contributed by atoms with Crippen LogP contribution in [-0.4, -0.2) is 44.8 Å². The summed E-state index contributed by atoms with van der Waals surface area (Å²) in [6.07, 6.45) is 4.29. The zero-order chi connectivity index (χ0) is 26.2. The van der Waals surface area contributed by atoms with Crippen molar-refractivity contribution in [2.45, 2.75) is 78.0 Å². The molecular weight excluding hydrogens is 456 g/mol. The van der Waals surface area contributed by atoms with E-state index in [1.807, 2.05) is 63.2 Å². The van der Waals surface area contributed by atoms with E-state index < -0.39 is 6.03 Å². The van der Waals surface area contributed by atoms with E-state index in [9.17, 15) is 4.79 Å². The molecule has 7 nitrogen and oxygen atoms in total. The van der Waals surface area contributed by atoms with Crippen LogP contribution in [0.5, 0.6) is 11.5 Å². The number of urea groups is 1. The Bertz CT molecular complexity index is 868. The Morgan fingerprint density at radius 3 is 2.22 bits per heavy atom. The zero-order valence-electron chi connectivity index (χ0n) is 22.3. The Morgan fingerprint density at radius 1 is 0.917 bits per heavy atom. The maximum atomic E-state index is 11.9. The van der Waals surface area contributed by atoms with Gasteiger partial charge >= 0.3 is 6.03 Å². The molecule has 0 heterocycles. The molecule has 36 heavy (non-hydrogen) atoms. The van der Waals surface area contributed by atoms with Gasteiger partial charge in [-0.25, -0.2) is 4.79 Å². The molecule has 0 bridgehead atoms. The quantitative estimate of drug-likeness (QED) is 0.252. The number of hydrogen-bond acceptors (Lipinski definition) is 5. The third kappa shape index (κ3) is 10.5. The third-order valence-corrected chi connectivity index (χ3v) is 5.98. The highest BCUT2D eigenvalue weighted by molar-refractivity contribution is 5.72. The van der Waals surface area contributed by atoms with Crippen molar-refractivity contribution in [3.05, 3.63) is 59.7 Å². The summed E-state index contributed by atoms with van der Waals surface area (Å²) in [5.41, 5.74) is 7.84. The van der Waals surface area contributed by atoms with Crippen LogP contribution in [0.1, 0.15) is 70.4 Å². The first-order valence-corrected chi connectivity index (χ1v) is 13.2. The summed E-state index contributed by atoms with van der Waals surface area (Å²) in [7, 11) is 0. The molecule has 2 amide bonds. The molecule has 0 aliphatic carbocycles. The van der Waals surface area contributed by atoms with E-state index in [0.717, 1.165) is 42.7 Å². The minimum atomic E-state index is -0.509. The predicted molar refractivity (Wildman–Crippen MR) is 144 cm³/mol. The molecule has 0 aromatic heterocycles. The van der Waals surface area contributed by atoms with Crippen LogP contribution in [0.15, 0.2) is 48.5 Å². The molecule has 7 heteroatoms. The van der Waals surface area contributed by atoms with Crippen LogP contribution >= 0.6 is 0 Å². The van der Waals surface area contributed by atoms with Crippen molar-refractivity contribution in [3.8, 4) is 11.5 Å². The summed E-state index contributed by atoms with van der Waals surface area (Å²) in [5, 5.41) is 2.97. The number of unbranched alkanes of at least 4 members (excludes halogenated alkanes) is 1. The molecular formula is C29H44N2O5. The largest absolute Gasteiger partial charge is 0.494 e. The lowest BCUT2D eigenvalue weighted by Gasteiger charge is -2.26. The summed E-state index contributed by atoms with van der Waals surface area (Å²) in [5.74, 6) is 1.91. The molecule has 0 aliphatic rings. The maximum absolute atomic E-state index is 11.9. The normalized spacial score (nSPS) is 12.8. The van der Waals surface area contributed by atoms with Gasteiger partial charge in [-0.1, -0.05) is 50.1 Å². The van der Waals surface area contributed by atoms with Gasteiger partial charge in [0.15, 0.2) is 6.29 Å². The summed E-state index contributed by atoms with van der Waals surface area (Å²) >= 11 is 0. The first kappa shape index (κ1) is 29.5.